The first-order chi connectivity index (χ1) is 12.8. The van der Waals surface area contributed by atoms with Crippen LogP contribution in [0, 0.1) is 5.92 Å². The van der Waals surface area contributed by atoms with E-state index in [9.17, 15) is 4.79 Å². The molecule has 2 aliphatic rings. The number of ether oxygens (including phenoxy) is 1. The molecule has 2 aromatic heterocycles. The van der Waals surface area contributed by atoms with Gasteiger partial charge in [0.25, 0.3) is 0 Å². The molecule has 0 spiro atoms. The van der Waals surface area contributed by atoms with Gasteiger partial charge in [0, 0.05) is 44.1 Å². The second-order valence-corrected chi connectivity index (χ2v) is 6.74. The van der Waals surface area contributed by atoms with Crippen LogP contribution in [0.2, 0.25) is 0 Å². The smallest absolute Gasteiger partial charge is 0.227 e. The van der Waals surface area contributed by atoms with Gasteiger partial charge in [-0.05, 0) is 37.1 Å². The quantitative estimate of drug-likeness (QED) is 0.835. The van der Waals surface area contributed by atoms with Crippen LogP contribution in [0.15, 0.2) is 36.7 Å². The van der Waals surface area contributed by atoms with E-state index in [4.69, 9.17) is 4.74 Å². The van der Waals surface area contributed by atoms with Crippen LogP contribution in [0.25, 0.3) is 11.3 Å². The summed E-state index contributed by atoms with van der Waals surface area (Å²) in [5.41, 5.74) is 1.75. The van der Waals surface area contributed by atoms with Crippen molar-refractivity contribution < 1.29 is 9.53 Å². The number of hydrogen-bond acceptors (Lipinski definition) is 6. The lowest BCUT2D eigenvalue weighted by molar-refractivity contribution is -0.139. The molecule has 2 saturated heterocycles. The fourth-order valence-corrected chi connectivity index (χ4v) is 3.59. The van der Waals surface area contributed by atoms with Crippen LogP contribution in [0.5, 0.6) is 0 Å². The van der Waals surface area contributed by atoms with Gasteiger partial charge in [-0.25, -0.2) is 0 Å². The third-order valence-electron chi connectivity index (χ3n) is 5.03. The Kier molecular flexibility index (Phi) is 5.06. The fourth-order valence-electron chi connectivity index (χ4n) is 3.59. The van der Waals surface area contributed by atoms with Crippen LogP contribution < -0.4 is 4.90 Å². The lowest BCUT2D eigenvalue weighted by Crippen LogP contribution is -2.48. The number of rotatable bonds is 3. The van der Waals surface area contributed by atoms with Crippen molar-refractivity contribution in [1.82, 2.24) is 20.1 Å². The topological polar surface area (TPSA) is 71.5 Å². The zero-order valence-electron chi connectivity index (χ0n) is 14.8. The molecule has 7 heteroatoms. The Balaban J connectivity index is 1.43. The van der Waals surface area contributed by atoms with E-state index in [-0.39, 0.29) is 11.8 Å². The van der Waals surface area contributed by atoms with Crippen LogP contribution in [0.4, 0.5) is 5.82 Å². The van der Waals surface area contributed by atoms with E-state index < -0.39 is 0 Å². The summed E-state index contributed by atoms with van der Waals surface area (Å²) in [6, 6.07) is 7.80. The second-order valence-electron chi connectivity index (χ2n) is 6.74. The van der Waals surface area contributed by atoms with Gasteiger partial charge in [0.15, 0.2) is 5.82 Å². The average molecular weight is 353 g/mol. The minimum absolute atomic E-state index is 0.0293. The van der Waals surface area contributed by atoms with Gasteiger partial charge < -0.3 is 14.5 Å². The highest BCUT2D eigenvalue weighted by Crippen LogP contribution is 2.24. The van der Waals surface area contributed by atoms with Gasteiger partial charge in [0.2, 0.25) is 5.91 Å². The Labute approximate surface area is 153 Å². The number of amides is 1. The summed E-state index contributed by atoms with van der Waals surface area (Å²) in [5.74, 6) is 1.11. The van der Waals surface area contributed by atoms with Crippen LogP contribution in [-0.4, -0.2) is 65.4 Å². The Morgan fingerprint density at radius 3 is 2.73 bits per heavy atom. The van der Waals surface area contributed by atoms with Crippen molar-refractivity contribution in [2.45, 2.75) is 12.8 Å². The summed E-state index contributed by atoms with van der Waals surface area (Å²) in [6.07, 6.45) is 5.45. The third kappa shape index (κ3) is 3.67. The minimum atomic E-state index is 0.0293. The van der Waals surface area contributed by atoms with Crippen molar-refractivity contribution in [3.8, 4) is 11.3 Å². The van der Waals surface area contributed by atoms with Crippen LogP contribution in [0.1, 0.15) is 12.8 Å². The highest BCUT2D eigenvalue weighted by molar-refractivity contribution is 5.79. The molecule has 0 bridgehead atoms. The number of hydrogen-bond donors (Lipinski definition) is 0. The monoisotopic (exact) mass is 353 g/mol. The molecule has 26 heavy (non-hydrogen) atoms. The normalized spacial score (nSPS) is 20.8. The maximum Gasteiger partial charge on any atom is 0.227 e. The number of nitrogens with zero attached hydrogens (tertiary/aromatic N) is 5. The van der Waals surface area contributed by atoms with Gasteiger partial charge in [-0.1, -0.05) is 0 Å². The van der Waals surface area contributed by atoms with Crippen LogP contribution in [0.3, 0.4) is 0 Å². The van der Waals surface area contributed by atoms with Crippen molar-refractivity contribution in [3.05, 3.63) is 36.7 Å². The highest BCUT2D eigenvalue weighted by Gasteiger charge is 2.30. The summed E-state index contributed by atoms with van der Waals surface area (Å²) in [5, 5.41) is 8.73. The van der Waals surface area contributed by atoms with E-state index in [0.29, 0.717) is 32.8 Å². The summed E-state index contributed by atoms with van der Waals surface area (Å²) in [6.45, 7) is 4.31. The molecule has 1 atom stereocenters. The molecule has 7 nitrogen and oxygen atoms in total. The van der Waals surface area contributed by atoms with E-state index in [1.54, 1.807) is 12.4 Å². The standard InChI is InChI=1S/C19H23N5O2/c25-19(23-9-11-26-12-10-23)16-4-2-8-24(14-16)18-6-5-17(21-22-18)15-3-1-7-20-13-15/h1,3,5-7,13,16H,2,4,8-12,14H2. The number of anilines is 1. The van der Waals surface area contributed by atoms with E-state index >= 15 is 0 Å². The van der Waals surface area contributed by atoms with Crippen molar-refractivity contribution in [1.29, 1.82) is 0 Å². The fraction of sp³-hybridized carbons (Fsp3) is 0.474. The Bertz CT molecular complexity index is 731. The molecule has 0 N–H and O–H groups in total. The molecule has 2 fully saturated rings. The lowest BCUT2D eigenvalue weighted by atomic mass is 9.96. The lowest BCUT2D eigenvalue weighted by Gasteiger charge is -2.36. The van der Waals surface area contributed by atoms with Crippen molar-refractivity contribution in [2.24, 2.45) is 5.92 Å². The molecule has 0 aromatic carbocycles. The molecular weight excluding hydrogens is 330 g/mol. The third-order valence-corrected chi connectivity index (χ3v) is 5.03. The van der Waals surface area contributed by atoms with Crippen LogP contribution in [-0.2, 0) is 9.53 Å². The Hall–Kier alpha value is -2.54. The maximum atomic E-state index is 12.8. The molecular formula is C19H23N5O2. The van der Waals surface area contributed by atoms with E-state index in [0.717, 1.165) is 36.5 Å². The predicted octanol–water partition coefficient (Wildman–Crippen LogP) is 1.61. The van der Waals surface area contributed by atoms with Gasteiger partial charge >= 0.3 is 0 Å². The summed E-state index contributed by atoms with van der Waals surface area (Å²) in [4.78, 5) is 21.0. The molecule has 2 aromatic rings. The first-order valence-electron chi connectivity index (χ1n) is 9.17. The summed E-state index contributed by atoms with van der Waals surface area (Å²) < 4.78 is 5.35. The van der Waals surface area contributed by atoms with Crippen LogP contribution >= 0.6 is 0 Å². The van der Waals surface area contributed by atoms with Crippen molar-refractivity contribution in [3.63, 3.8) is 0 Å². The zero-order valence-corrected chi connectivity index (χ0v) is 14.8. The number of carbonyl (C=O) groups is 1. The van der Waals surface area contributed by atoms with Crippen molar-refractivity contribution in [2.75, 3.05) is 44.3 Å². The molecule has 4 heterocycles. The Morgan fingerprint density at radius 2 is 2.00 bits per heavy atom. The highest BCUT2D eigenvalue weighted by atomic mass is 16.5. The first kappa shape index (κ1) is 16.9. The molecule has 2 aliphatic heterocycles. The van der Waals surface area contributed by atoms with Gasteiger partial charge in [-0.15, -0.1) is 10.2 Å². The van der Waals surface area contributed by atoms with E-state index in [1.807, 2.05) is 29.2 Å². The Morgan fingerprint density at radius 1 is 1.12 bits per heavy atom. The molecule has 1 amide bonds. The zero-order chi connectivity index (χ0) is 17.8. The summed E-state index contributed by atoms with van der Waals surface area (Å²) in [7, 11) is 0. The maximum absolute atomic E-state index is 12.8. The van der Waals surface area contributed by atoms with Gasteiger partial charge in [0.1, 0.15) is 0 Å². The summed E-state index contributed by atoms with van der Waals surface area (Å²) >= 11 is 0. The second kappa shape index (κ2) is 7.78. The van der Waals surface area contributed by atoms with Gasteiger partial charge in [-0.2, -0.15) is 0 Å². The van der Waals surface area contributed by atoms with Crippen molar-refractivity contribution >= 4 is 11.7 Å². The molecule has 1 unspecified atom stereocenters. The average Bonchev–Trinajstić information content (AvgIpc) is 2.75. The largest absolute Gasteiger partial charge is 0.378 e. The molecule has 0 radical (unpaired) electrons. The minimum Gasteiger partial charge on any atom is -0.378 e. The molecule has 0 saturated carbocycles. The molecule has 4 rings (SSSR count). The molecule has 136 valence electrons. The SMILES string of the molecule is O=C(C1CCCN(c2ccc(-c3cccnc3)nn2)C1)N1CCOCC1. The number of carbonyl (C=O) groups excluding carboxylic acids is 1. The first-order valence-corrected chi connectivity index (χ1v) is 9.17. The van der Waals surface area contributed by atoms with E-state index in [2.05, 4.69) is 20.1 Å². The number of piperidine rings is 1. The van der Waals surface area contributed by atoms with E-state index in [1.165, 1.54) is 0 Å². The number of aromatic nitrogens is 3. The number of morpholine rings is 1. The predicted molar refractivity (Wildman–Crippen MR) is 97.6 cm³/mol. The molecule has 0 aliphatic carbocycles. The van der Waals surface area contributed by atoms with Gasteiger partial charge in [0.05, 0.1) is 24.8 Å². The number of pyridine rings is 1. The van der Waals surface area contributed by atoms with Gasteiger partial charge in [-0.3, -0.25) is 9.78 Å².